The molecule has 0 aliphatic heterocycles. The number of nitrogens with zero attached hydrogens (tertiary/aromatic N) is 5. The molecule has 0 aliphatic carbocycles. The number of hydrogen-bond donors (Lipinski definition) is 0. The van der Waals surface area contributed by atoms with Crippen LogP contribution in [-0.4, -0.2) is 37.6 Å². The van der Waals surface area contributed by atoms with Crippen LogP contribution in [0.1, 0.15) is 22.8 Å². The van der Waals surface area contributed by atoms with E-state index in [1.165, 1.54) is 0 Å². The molecule has 0 saturated carbocycles. The molecule has 27 heavy (non-hydrogen) atoms. The van der Waals surface area contributed by atoms with Gasteiger partial charge in [-0.3, -0.25) is 4.79 Å². The average molecular weight is 382 g/mol. The molecule has 3 aromatic rings. The lowest BCUT2D eigenvalue weighted by Gasteiger charge is -2.21. The summed E-state index contributed by atoms with van der Waals surface area (Å²) in [5, 5.41) is 12.4. The number of aryl methyl sites for hydroxylation is 1. The van der Waals surface area contributed by atoms with Crippen LogP contribution in [-0.2, 0) is 13.1 Å². The largest absolute Gasteiger partial charge is 0.331 e. The fraction of sp³-hybridized carbons (Fsp3) is 0.200. The van der Waals surface area contributed by atoms with Crippen LogP contribution >= 0.6 is 11.6 Å². The predicted molar refractivity (Wildman–Crippen MR) is 105 cm³/mol. The number of carbonyl (C=O) groups is 1. The first-order chi connectivity index (χ1) is 13.1. The molecule has 0 saturated heterocycles. The normalized spacial score (nSPS) is 10.6. The smallest absolute Gasteiger partial charge is 0.254 e. The molecule has 138 valence electrons. The van der Waals surface area contributed by atoms with Gasteiger partial charge in [-0.2, -0.15) is 0 Å². The van der Waals surface area contributed by atoms with Gasteiger partial charge in [-0.25, -0.2) is 4.68 Å². The molecule has 0 radical (unpaired) electrons. The van der Waals surface area contributed by atoms with Gasteiger partial charge < -0.3 is 4.90 Å². The average Bonchev–Trinajstić information content (AvgIpc) is 3.18. The second-order valence-corrected chi connectivity index (χ2v) is 6.44. The SMILES string of the molecule is C=CCN(Cc1ccc(Cl)cc1)C(=O)c1cccc(-c2nnnn2CC)c1. The third-order valence-electron chi connectivity index (χ3n) is 4.12. The lowest BCUT2D eigenvalue weighted by molar-refractivity contribution is 0.0762. The van der Waals surface area contributed by atoms with Gasteiger partial charge in [-0.05, 0) is 47.2 Å². The Bertz CT molecular complexity index is 936. The maximum atomic E-state index is 13.1. The van der Waals surface area contributed by atoms with Gasteiger partial charge in [-0.1, -0.05) is 41.9 Å². The molecule has 1 aromatic heterocycles. The van der Waals surface area contributed by atoms with E-state index in [2.05, 4.69) is 22.1 Å². The van der Waals surface area contributed by atoms with E-state index in [-0.39, 0.29) is 5.91 Å². The zero-order valence-corrected chi connectivity index (χ0v) is 15.8. The summed E-state index contributed by atoms with van der Waals surface area (Å²) in [7, 11) is 0. The van der Waals surface area contributed by atoms with Crippen molar-refractivity contribution in [2.75, 3.05) is 6.54 Å². The first-order valence-electron chi connectivity index (χ1n) is 8.63. The van der Waals surface area contributed by atoms with E-state index >= 15 is 0 Å². The first-order valence-corrected chi connectivity index (χ1v) is 9.01. The molecular weight excluding hydrogens is 362 g/mol. The highest BCUT2D eigenvalue weighted by Crippen LogP contribution is 2.19. The Balaban J connectivity index is 1.86. The van der Waals surface area contributed by atoms with Gasteiger partial charge in [0, 0.05) is 35.8 Å². The van der Waals surface area contributed by atoms with Gasteiger partial charge in [0.05, 0.1) is 0 Å². The minimum Gasteiger partial charge on any atom is -0.331 e. The lowest BCUT2D eigenvalue weighted by atomic mass is 10.1. The fourth-order valence-electron chi connectivity index (χ4n) is 2.78. The Morgan fingerprint density at radius 1 is 1.26 bits per heavy atom. The van der Waals surface area contributed by atoms with E-state index in [9.17, 15) is 4.79 Å². The van der Waals surface area contributed by atoms with Crippen molar-refractivity contribution >= 4 is 17.5 Å². The number of amides is 1. The van der Waals surface area contributed by atoms with Gasteiger partial charge in [0.15, 0.2) is 5.82 Å². The molecule has 0 bridgehead atoms. The van der Waals surface area contributed by atoms with Gasteiger partial charge >= 0.3 is 0 Å². The minimum atomic E-state index is -0.0813. The van der Waals surface area contributed by atoms with Crippen molar-refractivity contribution in [3.63, 3.8) is 0 Å². The number of benzene rings is 2. The maximum Gasteiger partial charge on any atom is 0.254 e. The predicted octanol–water partition coefficient (Wildman–Crippen LogP) is 3.84. The monoisotopic (exact) mass is 381 g/mol. The number of halogens is 1. The van der Waals surface area contributed by atoms with Crippen LogP contribution in [0.3, 0.4) is 0 Å². The molecule has 3 rings (SSSR count). The summed E-state index contributed by atoms with van der Waals surface area (Å²) in [6.07, 6.45) is 1.72. The number of hydrogen-bond acceptors (Lipinski definition) is 4. The zero-order chi connectivity index (χ0) is 19.2. The third kappa shape index (κ3) is 4.41. The molecule has 1 heterocycles. The lowest BCUT2D eigenvalue weighted by Crippen LogP contribution is -2.30. The summed E-state index contributed by atoms with van der Waals surface area (Å²) in [6, 6.07) is 14.8. The van der Waals surface area contributed by atoms with Crippen LogP contribution in [0.15, 0.2) is 61.2 Å². The van der Waals surface area contributed by atoms with Crippen LogP contribution < -0.4 is 0 Å². The molecule has 0 N–H and O–H groups in total. The molecule has 0 aliphatic rings. The van der Waals surface area contributed by atoms with Gasteiger partial charge in [0.2, 0.25) is 0 Å². The summed E-state index contributed by atoms with van der Waals surface area (Å²) in [4.78, 5) is 14.8. The van der Waals surface area contributed by atoms with E-state index in [1.54, 1.807) is 21.7 Å². The van der Waals surface area contributed by atoms with Gasteiger partial charge in [-0.15, -0.1) is 11.7 Å². The van der Waals surface area contributed by atoms with Crippen molar-refractivity contribution in [1.82, 2.24) is 25.1 Å². The molecule has 0 spiro atoms. The van der Waals surface area contributed by atoms with E-state index in [0.717, 1.165) is 11.1 Å². The number of tetrazole rings is 1. The van der Waals surface area contributed by atoms with Crippen LogP contribution in [0.4, 0.5) is 0 Å². The summed E-state index contributed by atoms with van der Waals surface area (Å²) in [6.45, 7) is 7.30. The maximum absolute atomic E-state index is 13.1. The quantitative estimate of drug-likeness (QED) is 0.583. The highest BCUT2D eigenvalue weighted by atomic mass is 35.5. The second kappa shape index (κ2) is 8.60. The van der Waals surface area contributed by atoms with Crippen molar-refractivity contribution in [2.45, 2.75) is 20.0 Å². The molecule has 7 heteroatoms. The standard InChI is InChI=1S/C20H20ClN5O/c1-3-12-25(14-15-8-10-18(21)11-9-15)20(27)17-7-5-6-16(13-17)19-22-23-24-26(19)4-2/h3,5-11,13H,1,4,12,14H2,2H3. The second-order valence-electron chi connectivity index (χ2n) is 6.00. The fourth-order valence-corrected chi connectivity index (χ4v) is 2.91. The molecule has 0 fully saturated rings. The van der Waals surface area contributed by atoms with E-state index in [0.29, 0.717) is 36.0 Å². The summed E-state index contributed by atoms with van der Waals surface area (Å²) in [5.74, 6) is 0.558. The third-order valence-corrected chi connectivity index (χ3v) is 4.37. The summed E-state index contributed by atoms with van der Waals surface area (Å²) < 4.78 is 1.69. The minimum absolute atomic E-state index is 0.0813. The highest BCUT2D eigenvalue weighted by Gasteiger charge is 2.17. The molecule has 1 amide bonds. The van der Waals surface area contributed by atoms with Gasteiger partial charge in [0.25, 0.3) is 5.91 Å². The van der Waals surface area contributed by atoms with E-state index in [1.807, 2.05) is 49.4 Å². The number of rotatable bonds is 7. The van der Waals surface area contributed by atoms with Gasteiger partial charge in [0.1, 0.15) is 0 Å². The Hall–Kier alpha value is -2.99. The summed E-state index contributed by atoms with van der Waals surface area (Å²) >= 11 is 5.94. The molecular formula is C20H20ClN5O. The number of aromatic nitrogens is 4. The van der Waals surface area contributed by atoms with Crippen molar-refractivity contribution in [2.24, 2.45) is 0 Å². The van der Waals surface area contributed by atoms with Crippen LogP contribution in [0.5, 0.6) is 0 Å². The zero-order valence-electron chi connectivity index (χ0n) is 15.0. The van der Waals surface area contributed by atoms with E-state index < -0.39 is 0 Å². The molecule has 2 aromatic carbocycles. The van der Waals surface area contributed by atoms with Crippen LogP contribution in [0, 0.1) is 0 Å². The van der Waals surface area contributed by atoms with Crippen molar-refractivity contribution in [1.29, 1.82) is 0 Å². The summed E-state index contributed by atoms with van der Waals surface area (Å²) in [5.41, 5.74) is 2.38. The van der Waals surface area contributed by atoms with E-state index in [4.69, 9.17) is 11.6 Å². The molecule has 0 unspecified atom stereocenters. The Kier molecular flexibility index (Phi) is 5.98. The Labute approximate surface area is 163 Å². The topological polar surface area (TPSA) is 63.9 Å². The highest BCUT2D eigenvalue weighted by molar-refractivity contribution is 6.30. The Morgan fingerprint density at radius 2 is 2.04 bits per heavy atom. The van der Waals surface area contributed by atoms with Crippen molar-refractivity contribution in [3.05, 3.63) is 77.3 Å². The Morgan fingerprint density at radius 3 is 2.74 bits per heavy atom. The van der Waals surface area contributed by atoms with Crippen LogP contribution in [0.2, 0.25) is 5.02 Å². The first kappa shape index (κ1) is 18.8. The van der Waals surface area contributed by atoms with Crippen molar-refractivity contribution in [3.8, 4) is 11.4 Å². The molecule has 0 atom stereocenters. The van der Waals surface area contributed by atoms with Crippen LogP contribution in [0.25, 0.3) is 11.4 Å². The molecule has 6 nitrogen and oxygen atoms in total. The van der Waals surface area contributed by atoms with Crippen molar-refractivity contribution < 1.29 is 4.79 Å². The number of carbonyl (C=O) groups excluding carboxylic acids is 1.